The van der Waals surface area contributed by atoms with Crippen LogP contribution in [0.1, 0.15) is 31.9 Å². The van der Waals surface area contributed by atoms with Crippen molar-refractivity contribution in [2.75, 3.05) is 7.11 Å². The van der Waals surface area contributed by atoms with Crippen LogP contribution >= 0.6 is 0 Å². The Morgan fingerprint density at radius 1 is 1.41 bits per heavy atom. The fraction of sp³-hybridized carbons (Fsp3) is 0.500. The lowest BCUT2D eigenvalue weighted by atomic mass is 9.90. The molecule has 1 aromatic rings. The van der Waals surface area contributed by atoms with Gasteiger partial charge in [-0.2, -0.15) is 0 Å². The maximum atomic E-state index is 12.0. The summed E-state index contributed by atoms with van der Waals surface area (Å²) < 4.78 is 4.91. The number of ether oxygens (including phenoxy) is 1. The fourth-order valence-corrected chi connectivity index (χ4v) is 2.00. The number of esters is 1. The van der Waals surface area contributed by atoms with Crippen LogP contribution in [0.15, 0.2) is 24.3 Å². The van der Waals surface area contributed by atoms with E-state index in [0.717, 1.165) is 11.1 Å². The molecule has 1 aromatic carbocycles. The van der Waals surface area contributed by atoms with Gasteiger partial charge >= 0.3 is 5.97 Å². The van der Waals surface area contributed by atoms with Gasteiger partial charge < -0.3 is 4.74 Å². The largest absolute Gasteiger partial charge is 0.467 e. The molecule has 0 saturated carbocycles. The number of rotatable bonds is 4. The van der Waals surface area contributed by atoms with E-state index in [1.807, 2.05) is 52.0 Å². The summed E-state index contributed by atoms with van der Waals surface area (Å²) in [6.07, 6.45) is 0. The van der Waals surface area contributed by atoms with Crippen LogP contribution in [-0.2, 0) is 15.1 Å². The second-order valence-electron chi connectivity index (χ2n) is 4.79. The molecule has 0 aliphatic carbocycles. The van der Waals surface area contributed by atoms with Crippen molar-refractivity contribution < 1.29 is 9.53 Å². The van der Waals surface area contributed by atoms with Crippen LogP contribution in [0.25, 0.3) is 0 Å². The average Bonchev–Trinajstić information content (AvgIpc) is 2.26. The van der Waals surface area contributed by atoms with Crippen molar-refractivity contribution in [3.63, 3.8) is 0 Å². The first kappa shape index (κ1) is 13.7. The molecular formula is C14H21NO2. The van der Waals surface area contributed by atoms with Gasteiger partial charge in [0.15, 0.2) is 0 Å². The summed E-state index contributed by atoms with van der Waals surface area (Å²) in [5, 5.41) is 3.28. The maximum Gasteiger partial charge on any atom is 0.330 e. The minimum Gasteiger partial charge on any atom is -0.467 e. The molecule has 3 heteroatoms. The van der Waals surface area contributed by atoms with E-state index in [9.17, 15) is 4.79 Å². The van der Waals surface area contributed by atoms with E-state index in [4.69, 9.17) is 4.74 Å². The van der Waals surface area contributed by atoms with Gasteiger partial charge in [0.05, 0.1) is 7.11 Å². The molecule has 1 rings (SSSR count). The third kappa shape index (κ3) is 3.07. The standard InChI is InChI=1S/C14H21NO2/c1-10(2)15-14(4,13(16)17-5)12-8-6-7-11(3)9-12/h6-10,15H,1-5H3. The lowest BCUT2D eigenvalue weighted by Gasteiger charge is -2.30. The Morgan fingerprint density at radius 2 is 2.06 bits per heavy atom. The molecule has 0 aliphatic heterocycles. The Labute approximate surface area is 103 Å². The van der Waals surface area contributed by atoms with Crippen LogP contribution in [-0.4, -0.2) is 19.1 Å². The van der Waals surface area contributed by atoms with E-state index in [1.54, 1.807) is 0 Å². The van der Waals surface area contributed by atoms with Crippen LogP contribution in [0.5, 0.6) is 0 Å². The van der Waals surface area contributed by atoms with E-state index in [-0.39, 0.29) is 12.0 Å². The van der Waals surface area contributed by atoms with Crippen molar-refractivity contribution >= 4 is 5.97 Å². The van der Waals surface area contributed by atoms with Crippen LogP contribution in [0, 0.1) is 6.92 Å². The van der Waals surface area contributed by atoms with Crippen LogP contribution < -0.4 is 5.32 Å². The zero-order valence-corrected chi connectivity index (χ0v) is 11.2. The number of methoxy groups -OCH3 is 1. The van der Waals surface area contributed by atoms with Gasteiger partial charge in [0.1, 0.15) is 5.54 Å². The highest BCUT2D eigenvalue weighted by molar-refractivity contribution is 5.82. The van der Waals surface area contributed by atoms with Gasteiger partial charge in [0.2, 0.25) is 0 Å². The molecule has 0 spiro atoms. The normalized spacial score (nSPS) is 14.5. The number of carbonyl (C=O) groups is 1. The van der Waals surface area contributed by atoms with Gasteiger partial charge in [-0.1, -0.05) is 29.8 Å². The highest BCUT2D eigenvalue weighted by Crippen LogP contribution is 2.24. The maximum absolute atomic E-state index is 12.0. The Bertz CT molecular complexity index is 401. The third-order valence-corrected chi connectivity index (χ3v) is 2.77. The molecule has 1 N–H and O–H groups in total. The minimum absolute atomic E-state index is 0.194. The Hall–Kier alpha value is -1.35. The number of hydrogen-bond donors (Lipinski definition) is 1. The summed E-state index contributed by atoms with van der Waals surface area (Å²) in [5.74, 6) is -0.267. The average molecular weight is 235 g/mol. The minimum atomic E-state index is -0.797. The molecule has 0 aromatic heterocycles. The Kier molecular flexibility index (Phi) is 4.29. The van der Waals surface area contributed by atoms with E-state index in [1.165, 1.54) is 7.11 Å². The van der Waals surface area contributed by atoms with Crippen molar-refractivity contribution in [3.05, 3.63) is 35.4 Å². The SMILES string of the molecule is COC(=O)C(C)(NC(C)C)c1cccc(C)c1. The highest BCUT2D eigenvalue weighted by atomic mass is 16.5. The first-order valence-corrected chi connectivity index (χ1v) is 5.83. The van der Waals surface area contributed by atoms with E-state index in [2.05, 4.69) is 5.32 Å². The van der Waals surface area contributed by atoms with Gasteiger partial charge in [-0.05, 0) is 33.3 Å². The molecule has 0 bridgehead atoms. The first-order valence-electron chi connectivity index (χ1n) is 5.83. The van der Waals surface area contributed by atoms with Gasteiger partial charge in [-0.25, -0.2) is 4.79 Å². The van der Waals surface area contributed by atoms with E-state index >= 15 is 0 Å². The van der Waals surface area contributed by atoms with Gasteiger partial charge in [-0.15, -0.1) is 0 Å². The number of benzene rings is 1. The topological polar surface area (TPSA) is 38.3 Å². The van der Waals surface area contributed by atoms with Gasteiger partial charge in [-0.3, -0.25) is 5.32 Å². The summed E-state index contributed by atoms with van der Waals surface area (Å²) in [7, 11) is 1.42. The molecule has 0 saturated heterocycles. The molecule has 3 nitrogen and oxygen atoms in total. The second kappa shape index (κ2) is 5.32. The van der Waals surface area contributed by atoms with E-state index < -0.39 is 5.54 Å². The highest BCUT2D eigenvalue weighted by Gasteiger charge is 2.36. The van der Waals surface area contributed by atoms with Crippen molar-refractivity contribution in [1.82, 2.24) is 5.32 Å². The number of carbonyl (C=O) groups excluding carboxylic acids is 1. The predicted molar refractivity (Wildman–Crippen MR) is 68.8 cm³/mol. The van der Waals surface area contributed by atoms with Gasteiger partial charge in [0, 0.05) is 6.04 Å². The smallest absolute Gasteiger partial charge is 0.330 e. The van der Waals surface area contributed by atoms with Crippen LogP contribution in [0.4, 0.5) is 0 Å². The molecule has 0 heterocycles. The summed E-state index contributed by atoms with van der Waals surface area (Å²) in [6, 6.07) is 8.11. The predicted octanol–water partition coefficient (Wildman–Crippen LogP) is 2.38. The quantitative estimate of drug-likeness (QED) is 0.814. The fourth-order valence-electron chi connectivity index (χ4n) is 2.00. The summed E-state index contributed by atoms with van der Waals surface area (Å²) in [5.41, 5.74) is 1.26. The molecule has 0 aliphatic rings. The molecule has 0 amide bonds. The lowest BCUT2D eigenvalue weighted by molar-refractivity contribution is -0.148. The number of hydrogen-bond acceptors (Lipinski definition) is 3. The monoisotopic (exact) mass is 235 g/mol. The number of nitrogens with one attached hydrogen (secondary N) is 1. The lowest BCUT2D eigenvalue weighted by Crippen LogP contribution is -2.50. The number of aryl methyl sites for hydroxylation is 1. The molecule has 94 valence electrons. The molecule has 0 radical (unpaired) electrons. The zero-order valence-electron chi connectivity index (χ0n) is 11.2. The Morgan fingerprint density at radius 3 is 2.53 bits per heavy atom. The van der Waals surface area contributed by atoms with Crippen LogP contribution in [0.2, 0.25) is 0 Å². The van der Waals surface area contributed by atoms with Crippen molar-refractivity contribution in [3.8, 4) is 0 Å². The molecule has 1 unspecified atom stereocenters. The van der Waals surface area contributed by atoms with Crippen molar-refractivity contribution in [1.29, 1.82) is 0 Å². The molecule has 17 heavy (non-hydrogen) atoms. The summed E-state index contributed by atoms with van der Waals surface area (Å²) in [4.78, 5) is 12.0. The first-order chi connectivity index (χ1) is 7.90. The summed E-state index contributed by atoms with van der Waals surface area (Å²) >= 11 is 0. The molecule has 1 atom stereocenters. The molecule has 0 fully saturated rings. The van der Waals surface area contributed by atoms with Crippen molar-refractivity contribution in [2.24, 2.45) is 0 Å². The zero-order chi connectivity index (χ0) is 13.1. The van der Waals surface area contributed by atoms with Crippen LogP contribution in [0.3, 0.4) is 0 Å². The van der Waals surface area contributed by atoms with Gasteiger partial charge in [0.25, 0.3) is 0 Å². The third-order valence-electron chi connectivity index (χ3n) is 2.77. The van der Waals surface area contributed by atoms with Crippen molar-refractivity contribution in [2.45, 2.75) is 39.3 Å². The molecular weight excluding hydrogens is 214 g/mol. The summed E-state index contributed by atoms with van der Waals surface area (Å²) in [6.45, 7) is 7.89. The second-order valence-corrected chi connectivity index (χ2v) is 4.79. The Balaban J connectivity index is 3.18. The van der Waals surface area contributed by atoms with E-state index in [0.29, 0.717) is 0 Å².